The Labute approximate surface area is 268 Å². The van der Waals surface area contributed by atoms with E-state index in [1.165, 1.54) is 119 Å². The quantitative estimate of drug-likeness (QED) is 0.181. The van der Waals surface area contributed by atoms with Crippen molar-refractivity contribution in [3.8, 4) is 33.4 Å². The molecule has 2 fully saturated rings. The molecule has 45 heavy (non-hydrogen) atoms. The smallest absolute Gasteiger partial charge is 0.0271 e. The lowest BCUT2D eigenvalue weighted by Crippen LogP contribution is -2.47. The molecule has 0 amide bonds. The highest BCUT2D eigenvalue weighted by atomic mass is 14.5. The minimum atomic E-state index is 0.0842. The third-order valence-corrected chi connectivity index (χ3v) is 11.9. The molecule has 0 heterocycles. The molecule has 0 radical (unpaired) electrons. The largest absolute Gasteiger partial charge is 0.0622 e. The molecule has 0 N–H and O–H groups in total. The summed E-state index contributed by atoms with van der Waals surface area (Å²) in [5, 5.41) is 5.72. The van der Waals surface area contributed by atoms with Crippen LogP contribution in [0.25, 0.3) is 54.9 Å². The van der Waals surface area contributed by atoms with E-state index in [1.807, 2.05) is 0 Å². The molecule has 3 aliphatic carbocycles. The predicted octanol–water partition coefficient (Wildman–Crippen LogP) is 12.8. The Kier molecular flexibility index (Phi) is 6.66. The zero-order valence-corrected chi connectivity index (χ0v) is 26.3. The maximum Gasteiger partial charge on any atom is 0.0271 e. The Morgan fingerprint density at radius 1 is 0.378 bits per heavy atom. The molecule has 9 rings (SSSR count). The van der Waals surface area contributed by atoms with Gasteiger partial charge in [-0.25, -0.2) is 0 Å². The topological polar surface area (TPSA) is 0 Å². The van der Waals surface area contributed by atoms with E-state index in [4.69, 9.17) is 0 Å². The Morgan fingerprint density at radius 3 is 1.58 bits per heavy atom. The summed E-state index contributed by atoms with van der Waals surface area (Å²) in [5.41, 5.74) is 11.6. The van der Waals surface area contributed by atoms with Crippen LogP contribution in [-0.2, 0) is 5.41 Å². The van der Waals surface area contributed by atoms with Gasteiger partial charge >= 0.3 is 0 Å². The lowest BCUT2D eigenvalue weighted by Gasteiger charge is -2.53. The predicted molar refractivity (Wildman–Crippen MR) is 192 cm³/mol. The standard InChI is InChI=1S/C45H42/c1-4-15-31(16-5-1)32-27-29-33(30-28-32)42-36-21-10-11-22-37(36)43-38-23-12-13-25-40(38)45(34-17-6-2-7-18-34,35-19-8-3-9-20-35)41-26-14-24-39(42)44(41)43/h1,4-5,10-16,21-30,34-35H,2-3,6-9,17-20H2. The first kappa shape index (κ1) is 27.2. The SMILES string of the molecule is c1ccc(-c2ccc(-c3c4ccccc4c4c5c(cccc35)C(C3CCCCC3)(C3CCCCC3)c3ccccc3-4)cc2)cc1. The minimum Gasteiger partial charge on any atom is -0.0622 e. The van der Waals surface area contributed by atoms with Crippen LogP contribution in [0, 0.1) is 11.8 Å². The van der Waals surface area contributed by atoms with Gasteiger partial charge in [-0.15, -0.1) is 0 Å². The van der Waals surface area contributed by atoms with Gasteiger partial charge in [0.05, 0.1) is 0 Å². The van der Waals surface area contributed by atoms with Crippen molar-refractivity contribution in [1.29, 1.82) is 0 Å². The van der Waals surface area contributed by atoms with Gasteiger partial charge in [-0.2, -0.15) is 0 Å². The summed E-state index contributed by atoms with van der Waals surface area (Å²) < 4.78 is 0. The monoisotopic (exact) mass is 582 g/mol. The number of hydrogen-bond donors (Lipinski definition) is 0. The van der Waals surface area contributed by atoms with Crippen LogP contribution in [0.4, 0.5) is 0 Å². The van der Waals surface area contributed by atoms with Crippen molar-refractivity contribution in [2.75, 3.05) is 0 Å². The molecule has 0 unspecified atom stereocenters. The summed E-state index contributed by atoms with van der Waals surface area (Å²) >= 11 is 0. The van der Waals surface area contributed by atoms with Gasteiger partial charge in [0.25, 0.3) is 0 Å². The van der Waals surface area contributed by atoms with E-state index in [2.05, 4.69) is 121 Å². The van der Waals surface area contributed by atoms with E-state index in [0.29, 0.717) is 11.8 Å². The average molecular weight is 583 g/mol. The molecule has 0 aliphatic heterocycles. The Morgan fingerprint density at radius 2 is 0.889 bits per heavy atom. The van der Waals surface area contributed by atoms with Gasteiger partial charge in [0.15, 0.2) is 0 Å². The lowest BCUT2D eigenvalue weighted by atomic mass is 9.50. The van der Waals surface area contributed by atoms with Crippen molar-refractivity contribution < 1.29 is 0 Å². The summed E-state index contributed by atoms with van der Waals surface area (Å²) in [7, 11) is 0. The molecule has 6 aromatic rings. The van der Waals surface area contributed by atoms with E-state index < -0.39 is 0 Å². The van der Waals surface area contributed by atoms with E-state index in [9.17, 15) is 0 Å². The molecule has 0 bridgehead atoms. The molecule has 6 aromatic carbocycles. The zero-order chi connectivity index (χ0) is 29.8. The normalized spacial score (nSPS) is 18.2. The molecule has 0 atom stereocenters. The molecule has 0 heteroatoms. The number of benzene rings is 6. The van der Waals surface area contributed by atoms with Crippen molar-refractivity contribution in [3.05, 3.63) is 132 Å². The fourth-order valence-corrected chi connectivity index (χ4v) is 10.2. The summed E-state index contributed by atoms with van der Waals surface area (Å²) in [5.74, 6) is 1.41. The van der Waals surface area contributed by atoms with Crippen molar-refractivity contribution in [1.82, 2.24) is 0 Å². The molecular formula is C45H42. The number of rotatable bonds is 4. The van der Waals surface area contributed by atoms with Gasteiger partial charge in [0, 0.05) is 5.41 Å². The maximum atomic E-state index is 2.57. The average Bonchev–Trinajstić information content (AvgIpc) is 3.13. The summed E-state index contributed by atoms with van der Waals surface area (Å²) in [6.07, 6.45) is 13.7. The van der Waals surface area contributed by atoms with Crippen molar-refractivity contribution in [2.24, 2.45) is 11.8 Å². The first-order valence-electron chi connectivity index (χ1n) is 17.6. The Bertz CT molecular complexity index is 1980. The van der Waals surface area contributed by atoms with E-state index in [0.717, 1.165) is 0 Å². The van der Waals surface area contributed by atoms with Gasteiger partial charge in [0.1, 0.15) is 0 Å². The van der Waals surface area contributed by atoms with Crippen LogP contribution in [0.3, 0.4) is 0 Å². The molecule has 0 nitrogen and oxygen atoms in total. The van der Waals surface area contributed by atoms with Crippen LogP contribution < -0.4 is 0 Å². The van der Waals surface area contributed by atoms with Crippen molar-refractivity contribution in [3.63, 3.8) is 0 Å². The highest BCUT2D eigenvalue weighted by Crippen LogP contribution is 2.62. The second kappa shape index (κ2) is 11.0. The summed E-state index contributed by atoms with van der Waals surface area (Å²) in [6.45, 7) is 0. The molecule has 0 saturated heterocycles. The van der Waals surface area contributed by atoms with Crippen molar-refractivity contribution in [2.45, 2.75) is 69.6 Å². The van der Waals surface area contributed by atoms with Gasteiger partial charge < -0.3 is 0 Å². The van der Waals surface area contributed by atoms with Gasteiger partial charge in [0.2, 0.25) is 0 Å². The highest BCUT2D eigenvalue weighted by Gasteiger charge is 2.52. The fraction of sp³-hybridized carbons (Fsp3) is 0.289. The zero-order valence-electron chi connectivity index (χ0n) is 26.3. The van der Waals surface area contributed by atoms with Crippen LogP contribution in [0.1, 0.15) is 75.3 Å². The third kappa shape index (κ3) is 4.11. The number of hydrogen-bond acceptors (Lipinski definition) is 0. The van der Waals surface area contributed by atoms with Crippen LogP contribution in [0.5, 0.6) is 0 Å². The molecule has 0 aromatic heterocycles. The van der Waals surface area contributed by atoms with Gasteiger partial charge in [-0.05, 0) is 104 Å². The Hall–Kier alpha value is -4.16. The molecular weight excluding hydrogens is 540 g/mol. The van der Waals surface area contributed by atoms with Crippen molar-refractivity contribution >= 4 is 21.5 Å². The Balaban J connectivity index is 1.38. The van der Waals surface area contributed by atoms with Crippen LogP contribution >= 0.6 is 0 Å². The minimum absolute atomic E-state index is 0.0842. The first-order valence-corrected chi connectivity index (χ1v) is 17.6. The summed E-state index contributed by atoms with van der Waals surface area (Å²) in [6, 6.07) is 46.5. The maximum absolute atomic E-state index is 2.57. The third-order valence-electron chi connectivity index (χ3n) is 11.9. The second-order valence-electron chi connectivity index (χ2n) is 14.1. The second-order valence-corrected chi connectivity index (χ2v) is 14.1. The molecule has 3 aliphatic rings. The first-order chi connectivity index (χ1) is 22.4. The molecule has 2 saturated carbocycles. The van der Waals surface area contributed by atoms with E-state index in [-0.39, 0.29) is 5.41 Å². The van der Waals surface area contributed by atoms with E-state index >= 15 is 0 Å². The molecule has 222 valence electrons. The lowest BCUT2D eigenvalue weighted by molar-refractivity contribution is 0.135. The number of fused-ring (bicyclic) bond motifs is 4. The van der Waals surface area contributed by atoms with Gasteiger partial charge in [-0.1, -0.05) is 160 Å². The fourth-order valence-electron chi connectivity index (χ4n) is 10.2. The van der Waals surface area contributed by atoms with E-state index in [1.54, 1.807) is 11.1 Å². The van der Waals surface area contributed by atoms with Crippen LogP contribution in [0.15, 0.2) is 121 Å². The van der Waals surface area contributed by atoms with Crippen LogP contribution in [-0.4, -0.2) is 0 Å². The highest BCUT2D eigenvalue weighted by molar-refractivity contribution is 6.23. The van der Waals surface area contributed by atoms with Gasteiger partial charge in [-0.3, -0.25) is 0 Å². The molecule has 0 spiro atoms. The van der Waals surface area contributed by atoms with Crippen LogP contribution in [0.2, 0.25) is 0 Å². The summed E-state index contributed by atoms with van der Waals surface area (Å²) in [4.78, 5) is 0.